The number of nitrogens with zero attached hydrogens (tertiary/aromatic N) is 1. The number of Topliss-reactive ketones (excluding diaryl/α,β-unsaturated/α-hetero) is 1. The Kier molecular flexibility index (Phi) is 5.99. The number of aromatic nitrogens is 1. The van der Waals surface area contributed by atoms with Crippen molar-refractivity contribution in [2.75, 3.05) is 17.7 Å². The van der Waals surface area contributed by atoms with Crippen LogP contribution in [-0.4, -0.2) is 29.8 Å². The lowest BCUT2D eigenvalue weighted by molar-refractivity contribution is 0.0600. The van der Waals surface area contributed by atoms with Crippen LogP contribution in [0.2, 0.25) is 0 Å². The third-order valence-electron chi connectivity index (χ3n) is 4.12. The fraction of sp³-hybridized carbons (Fsp3) is 0.0909. The summed E-state index contributed by atoms with van der Waals surface area (Å²) in [7, 11) is 1.32. The summed E-state index contributed by atoms with van der Waals surface area (Å²) in [4.78, 5) is 39.6. The number of pyridine rings is 1. The van der Waals surface area contributed by atoms with Gasteiger partial charge in [0.25, 0.3) is 5.91 Å². The lowest BCUT2D eigenvalue weighted by atomic mass is 10.1. The fourth-order valence-electron chi connectivity index (χ4n) is 2.63. The second kappa shape index (κ2) is 8.79. The van der Waals surface area contributed by atoms with Gasteiger partial charge in [-0.2, -0.15) is 0 Å². The van der Waals surface area contributed by atoms with E-state index in [9.17, 15) is 14.4 Å². The highest BCUT2D eigenvalue weighted by molar-refractivity contribution is 6.05. The molecule has 0 bridgehead atoms. The number of methoxy groups -OCH3 is 1. The molecule has 2 aromatic carbocycles. The standard InChI is InChI=1S/C22H19N3O4/c1-14(26)15-6-8-18(9-7-15)25-21(27)17-11-20(13-23-12-17)24-19-5-3-4-16(10-19)22(28)29-2/h3-13,24H,1-2H3,(H,25,27). The molecule has 0 saturated heterocycles. The van der Waals surface area contributed by atoms with Gasteiger partial charge >= 0.3 is 5.97 Å². The summed E-state index contributed by atoms with van der Waals surface area (Å²) >= 11 is 0. The Labute approximate surface area is 167 Å². The number of anilines is 3. The number of ether oxygens (including phenoxy) is 1. The van der Waals surface area contributed by atoms with E-state index in [1.165, 1.54) is 20.2 Å². The van der Waals surface area contributed by atoms with E-state index in [0.29, 0.717) is 33.8 Å². The fourth-order valence-corrected chi connectivity index (χ4v) is 2.63. The van der Waals surface area contributed by atoms with E-state index in [0.717, 1.165) is 0 Å². The van der Waals surface area contributed by atoms with Crippen molar-refractivity contribution in [1.82, 2.24) is 4.98 Å². The van der Waals surface area contributed by atoms with E-state index in [1.807, 2.05) is 0 Å². The number of hydrogen-bond acceptors (Lipinski definition) is 6. The Morgan fingerprint density at radius 1 is 0.828 bits per heavy atom. The van der Waals surface area contributed by atoms with Gasteiger partial charge in [0.05, 0.1) is 30.1 Å². The maximum atomic E-state index is 12.5. The topological polar surface area (TPSA) is 97.4 Å². The normalized spacial score (nSPS) is 10.1. The van der Waals surface area contributed by atoms with Crippen molar-refractivity contribution < 1.29 is 19.1 Å². The molecule has 0 aliphatic rings. The van der Waals surface area contributed by atoms with Crippen molar-refractivity contribution in [3.05, 3.63) is 83.7 Å². The van der Waals surface area contributed by atoms with Gasteiger partial charge in [0.15, 0.2) is 5.78 Å². The molecule has 0 aliphatic heterocycles. The van der Waals surface area contributed by atoms with Crippen LogP contribution in [0.4, 0.5) is 17.1 Å². The van der Waals surface area contributed by atoms with Crippen LogP contribution in [0.25, 0.3) is 0 Å². The van der Waals surface area contributed by atoms with Crippen molar-refractivity contribution in [1.29, 1.82) is 0 Å². The molecule has 2 N–H and O–H groups in total. The van der Waals surface area contributed by atoms with Crippen molar-refractivity contribution in [2.24, 2.45) is 0 Å². The van der Waals surface area contributed by atoms with Gasteiger partial charge in [-0.25, -0.2) is 4.79 Å². The van der Waals surface area contributed by atoms with Crippen LogP contribution in [0.5, 0.6) is 0 Å². The Hall–Kier alpha value is -4.00. The summed E-state index contributed by atoms with van der Waals surface area (Å²) in [5, 5.41) is 5.88. The van der Waals surface area contributed by atoms with Crippen LogP contribution < -0.4 is 10.6 Å². The van der Waals surface area contributed by atoms with Crippen molar-refractivity contribution in [3.63, 3.8) is 0 Å². The summed E-state index contributed by atoms with van der Waals surface area (Å²) in [6.45, 7) is 1.48. The number of carbonyl (C=O) groups is 3. The van der Waals surface area contributed by atoms with E-state index in [1.54, 1.807) is 60.8 Å². The predicted octanol–water partition coefficient (Wildman–Crippen LogP) is 4.07. The van der Waals surface area contributed by atoms with E-state index >= 15 is 0 Å². The molecule has 1 heterocycles. The monoisotopic (exact) mass is 389 g/mol. The van der Waals surface area contributed by atoms with E-state index in [2.05, 4.69) is 15.6 Å². The Morgan fingerprint density at radius 2 is 1.55 bits per heavy atom. The first-order chi connectivity index (χ1) is 14.0. The molecule has 3 rings (SSSR count). The van der Waals surface area contributed by atoms with Gasteiger partial charge in [0, 0.05) is 23.1 Å². The second-order valence-electron chi connectivity index (χ2n) is 6.25. The van der Waals surface area contributed by atoms with Gasteiger partial charge in [-0.1, -0.05) is 6.07 Å². The maximum Gasteiger partial charge on any atom is 0.337 e. The van der Waals surface area contributed by atoms with Gasteiger partial charge in [-0.3, -0.25) is 14.6 Å². The summed E-state index contributed by atoms with van der Waals surface area (Å²) in [5.41, 5.74) is 3.16. The molecule has 0 unspecified atom stereocenters. The minimum absolute atomic E-state index is 0.0397. The number of ketones is 1. The average Bonchev–Trinajstić information content (AvgIpc) is 2.74. The predicted molar refractivity (Wildman–Crippen MR) is 110 cm³/mol. The number of esters is 1. The minimum atomic E-state index is -0.435. The van der Waals surface area contributed by atoms with Crippen molar-refractivity contribution >= 4 is 34.7 Å². The molecule has 7 heteroatoms. The van der Waals surface area contributed by atoms with Gasteiger partial charge in [-0.05, 0) is 55.5 Å². The van der Waals surface area contributed by atoms with Crippen LogP contribution >= 0.6 is 0 Å². The number of carbonyl (C=O) groups excluding carboxylic acids is 3. The zero-order valence-electron chi connectivity index (χ0n) is 15.9. The third-order valence-corrected chi connectivity index (χ3v) is 4.12. The zero-order valence-corrected chi connectivity index (χ0v) is 15.9. The molecule has 7 nitrogen and oxygen atoms in total. The summed E-state index contributed by atoms with van der Waals surface area (Å²) < 4.78 is 4.72. The molecule has 29 heavy (non-hydrogen) atoms. The molecule has 1 amide bonds. The molecule has 146 valence electrons. The third kappa shape index (κ3) is 5.04. The quantitative estimate of drug-likeness (QED) is 0.487. The van der Waals surface area contributed by atoms with Crippen molar-refractivity contribution in [2.45, 2.75) is 6.92 Å². The molecule has 0 spiro atoms. The van der Waals surface area contributed by atoms with Gasteiger partial charge in [-0.15, -0.1) is 0 Å². The Balaban J connectivity index is 1.72. The lowest BCUT2D eigenvalue weighted by Crippen LogP contribution is -2.12. The van der Waals surface area contributed by atoms with Crippen LogP contribution in [0.3, 0.4) is 0 Å². The van der Waals surface area contributed by atoms with Gasteiger partial charge in [0.2, 0.25) is 0 Å². The van der Waals surface area contributed by atoms with Crippen LogP contribution in [0, 0.1) is 0 Å². The molecular weight excluding hydrogens is 370 g/mol. The van der Waals surface area contributed by atoms with Gasteiger partial charge < -0.3 is 15.4 Å². The molecule has 0 saturated carbocycles. The Morgan fingerprint density at radius 3 is 2.24 bits per heavy atom. The number of benzene rings is 2. The highest BCUT2D eigenvalue weighted by Crippen LogP contribution is 2.19. The molecule has 0 radical (unpaired) electrons. The molecule has 3 aromatic rings. The molecular formula is C22H19N3O4. The van der Waals surface area contributed by atoms with Crippen molar-refractivity contribution in [3.8, 4) is 0 Å². The first kappa shape index (κ1) is 19.8. The molecule has 0 aliphatic carbocycles. The highest BCUT2D eigenvalue weighted by atomic mass is 16.5. The molecule has 0 atom stereocenters. The number of rotatable bonds is 6. The van der Waals surface area contributed by atoms with E-state index in [-0.39, 0.29) is 11.7 Å². The lowest BCUT2D eigenvalue weighted by Gasteiger charge is -2.10. The second-order valence-corrected chi connectivity index (χ2v) is 6.25. The summed E-state index contributed by atoms with van der Waals surface area (Å²) in [5.74, 6) is -0.808. The largest absolute Gasteiger partial charge is 0.465 e. The first-order valence-corrected chi connectivity index (χ1v) is 8.79. The number of amides is 1. The first-order valence-electron chi connectivity index (χ1n) is 8.79. The van der Waals surface area contributed by atoms with Gasteiger partial charge in [0.1, 0.15) is 0 Å². The maximum absolute atomic E-state index is 12.5. The number of nitrogens with one attached hydrogen (secondary N) is 2. The summed E-state index contributed by atoms with van der Waals surface area (Å²) in [6, 6.07) is 15.1. The number of hydrogen-bond donors (Lipinski definition) is 2. The van der Waals surface area contributed by atoms with Crippen LogP contribution in [-0.2, 0) is 4.74 Å². The van der Waals surface area contributed by atoms with Crippen LogP contribution in [0.1, 0.15) is 38.0 Å². The molecule has 1 aromatic heterocycles. The van der Waals surface area contributed by atoms with E-state index in [4.69, 9.17) is 4.74 Å². The smallest absolute Gasteiger partial charge is 0.337 e. The average molecular weight is 389 g/mol. The highest BCUT2D eigenvalue weighted by Gasteiger charge is 2.10. The summed E-state index contributed by atoms with van der Waals surface area (Å²) in [6.07, 6.45) is 3.03. The van der Waals surface area contributed by atoms with Crippen LogP contribution in [0.15, 0.2) is 67.0 Å². The molecule has 0 fully saturated rings. The Bertz CT molecular complexity index is 1060. The minimum Gasteiger partial charge on any atom is -0.465 e. The zero-order chi connectivity index (χ0) is 20.8. The van der Waals surface area contributed by atoms with E-state index < -0.39 is 5.97 Å². The SMILES string of the molecule is COC(=O)c1cccc(Nc2cncc(C(=O)Nc3ccc(C(C)=O)cc3)c2)c1.